The van der Waals surface area contributed by atoms with Crippen LogP contribution >= 0.6 is 31.9 Å². The predicted molar refractivity (Wildman–Crippen MR) is 146 cm³/mol. The van der Waals surface area contributed by atoms with Crippen molar-refractivity contribution in [3.05, 3.63) is 79.0 Å². The molecule has 2 aliphatic carbocycles. The standard InChI is InChI=1S/C29H29Br2NO4/c1-3-35-25-15-18(14-20(31)29(25)36-16-17-10-12-19(30)13-11-17)26-27-21(6-4-8-23(27)33)32(2)22-7-5-9-24(34)28(22)26/h10-15,26H,3-9,16H2,1-2H3. The number of ether oxygens (including phenoxy) is 2. The van der Waals surface area contributed by atoms with Crippen molar-refractivity contribution in [1.82, 2.24) is 4.90 Å². The molecule has 0 saturated carbocycles. The van der Waals surface area contributed by atoms with Crippen LogP contribution in [0.2, 0.25) is 0 Å². The first-order valence-electron chi connectivity index (χ1n) is 12.5. The summed E-state index contributed by atoms with van der Waals surface area (Å²) in [6.07, 6.45) is 4.45. The molecule has 0 spiro atoms. The van der Waals surface area contributed by atoms with Crippen molar-refractivity contribution < 1.29 is 19.1 Å². The highest BCUT2D eigenvalue weighted by Gasteiger charge is 2.42. The van der Waals surface area contributed by atoms with E-state index < -0.39 is 0 Å². The number of benzene rings is 2. The lowest BCUT2D eigenvalue weighted by Crippen LogP contribution is -2.37. The predicted octanol–water partition coefficient (Wildman–Crippen LogP) is 7.23. The highest BCUT2D eigenvalue weighted by molar-refractivity contribution is 9.10. The van der Waals surface area contributed by atoms with E-state index in [2.05, 4.69) is 36.8 Å². The van der Waals surface area contributed by atoms with E-state index >= 15 is 0 Å². The maximum atomic E-state index is 13.3. The third-order valence-electron chi connectivity index (χ3n) is 7.21. The molecule has 2 aromatic rings. The van der Waals surface area contributed by atoms with E-state index in [9.17, 15) is 9.59 Å². The van der Waals surface area contributed by atoms with E-state index in [0.717, 1.165) is 68.3 Å². The van der Waals surface area contributed by atoms with Gasteiger partial charge in [-0.1, -0.05) is 28.1 Å². The lowest BCUT2D eigenvalue weighted by Gasteiger charge is -2.42. The maximum Gasteiger partial charge on any atom is 0.175 e. The summed E-state index contributed by atoms with van der Waals surface area (Å²) in [5.41, 5.74) is 5.60. The van der Waals surface area contributed by atoms with E-state index in [-0.39, 0.29) is 17.5 Å². The number of rotatable bonds is 6. The molecule has 3 aliphatic rings. The number of ketones is 2. The normalized spacial score (nSPS) is 18.4. The average molecular weight is 615 g/mol. The first-order chi connectivity index (χ1) is 17.4. The lowest BCUT2D eigenvalue weighted by molar-refractivity contribution is -0.117. The van der Waals surface area contributed by atoms with Gasteiger partial charge in [0.1, 0.15) is 6.61 Å². The molecule has 0 bridgehead atoms. The highest BCUT2D eigenvalue weighted by Crippen LogP contribution is 2.50. The van der Waals surface area contributed by atoms with E-state index in [1.54, 1.807) is 0 Å². The van der Waals surface area contributed by atoms with Gasteiger partial charge >= 0.3 is 0 Å². The molecule has 0 amide bonds. The summed E-state index contributed by atoms with van der Waals surface area (Å²) in [4.78, 5) is 28.7. The Morgan fingerprint density at radius 2 is 1.50 bits per heavy atom. The number of carbonyl (C=O) groups excluding carboxylic acids is 2. The van der Waals surface area contributed by atoms with Gasteiger partial charge in [0.15, 0.2) is 23.1 Å². The molecule has 188 valence electrons. The molecule has 0 fully saturated rings. The number of halogens is 2. The second-order valence-corrected chi connectivity index (χ2v) is 11.2. The molecular weight excluding hydrogens is 586 g/mol. The van der Waals surface area contributed by atoms with Crippen LogP contribution in [0.5, 0.6) is 11.5 Å². The minimum Gasteiger partial charge on any atom is -0.490 e. The summed E-state index contributed by atoms with van der Waals surface area (Å²) in [5.74, 6) is 1.13. The Hall–Kier alpha value is -2.38. The first-order valence-corrected chi connectivity index (χ1v) is 14.1. The molecule has 0 radical (unpaired) electrons. The molecule has 0 atom stereocenters. The summed E-state index contributed by atoms with van der Waals surface area (Å²) in [7, 11) is 2.01. The summed E-state index contributed by atoms with van der Waals surface area (Å²) < 4.78 is 14.0. The number of nitrogens with zero attached hydrogens (tertiary/aromatic N) is 1. The van der Waals surface area contributed by atoms with Crippen LogP contribution in [0.1, 0.15) is 62.5 Å². The molecule has 0 saturated heterocycles. The van der Waals surface area contributed by atoms with Crippen LogP contribution in [0.3, 0.4) is 0 Å². The highest BCUT2D eigenvalue weighted by atomic mass is 79.9. The van der Waals surface area contributed by atoms with Crippen LogP contribution in [0.25, 0.3) is 0 Å². The monoisotopic (exact) mass is 613 g/mol. The first kappa shape index (κ1) is 25.3. The van der Waals surface area contributed by atoms with Gasteiger partial charge in [0.05, 0.1) is 11.1 Å². The molecule has 1 heterocycles. The third kappa shape index (κ3) is 4.68. The minimum absolute atomic E-state index is 0.141. The van der Waals surface area contributed by atoms with Gasteiger partial charge in [0.2, 0.25) is 0 Å². The topological polar surface area (TPSA) is 55.8 Å². The second-order valence-electron chi connectivity index (χ2n) is 9.44. The van der Waals surface area contributed by atoms with Crippen LogP contribution in [-0.4, -0.2) is 30.1 Å². The largest absolute Gasteiger partial charge is 0.490 e. The molecule has 0 unspecified atom stereocenters. The van der Waals surface area contributed by atoms with Gasteiger partial charge in [-0.2, -0.15) is 0 Å². The number of hydrogen-bond donors (Lipinski definition) is 0. The van der Waals surface area contributed by atoms with Gasteiger partial charge in [0.25, 0.3) is 0 Å². The fraction of sp³-hybridized carbons (Fsp3) is 0.379. The molecule has 5 nitrogen and oxygen atoms in total. The Kier molecular flexibility index (Phi) is 7.40. The summed E-state index contributed by atoms with van der Waals surface area (Å²) in [5, 5.41) is 0. The molecule has 2 aromatic carbocycles. The molecule has 1 aliphatic heterocycles. The van der Waals surface area contributed by atoms with E-state index in [0.29, 0.717) is 37.6 Å². The SMILES string of the molecule is CCOc1cc(C2C3=C(CCCC3=O)N(C)C3=C2C(=O)CCC3)cc(Br)c1OCc1ccc(Br)cc1. The Bertz CT molecular complexity index is 1230. The maximum absolute atomic E-state index is 13.3. The summed E-state index contributed by atoms with van der Waals surface area (Å²) in [6.45, 7) is 2.80. The van der Waals surface area contributed by atoms with Crippen molar-refractivity contribution in [1.29, 1.82) is 0 Å². The van der Waals surface area contributed by atoms with Gasteiger partial charge < -0.3 is 14.4 Å². The Labute approximate surface area is 228 Å². The summed E-state index contributed by atoms with van der Waals surface area (Å²) >= 11 is 7.18. The van der Waals surface area contributed by atoms with Crippen LogP contribution < -0.4 is 9.47 Å². The van der Waals surface area contributed by atoms with Gasteiger partial charge in [-0.05, 0) is 83.9 Å². The van der Waals surface area contributed by atoms with Crippen molar-refractivity contribution in [3.63, 3.8) is 0 Å². The van der Waals surface area contributed by atoms with Crippen molar-refractivity contribution in [2.45, 2.75) is 58.0 Å². The molecule has 7 heteroatoms. The van der Waals surface area contributed by atoms with Crippen LogP contribution in [0, 0.1) is 0 Å². The van der Waals surface area contributed by atoms with Gasteiger partial charge in [-0.25, -0.2) is 0 Å². The number of carbonyl (C=O) groups is 2. The average Bonchev–Trinajstić information content (AvgIpc) is 2.86. The van der Waals surface area contributed by atoms with Gasteiger partial charge in [0, 0.05) is 52.8 Å². The van der Waals surface area contributed by atoms with Crippen LogP contribution in [0.4, 0.5) is 0 Å². The summed E-state index contributed by atoms with van der Waals surface area (Å²) in [6, 6.07) is 11.9. The van der Waals surface area contributed by atoms with Gasteiger partial charge in [-0.3, -0.25) is 9.59 Å². The van der Waals surface area contributed by atoms with Crippen molar-refractivity contribution in [2.24, 2.45) is 0 Å². The van der Waals surface area contributed by atoms with Crippen LogP contribution in [-0.2, 0) is 16.2 Å². The smallest absolute Gasteiger partial charge is 0.175 e. The molecular formula is C29H29Br2NO4. The zero-order valence-electron chi connectivity index (χ0n) is 20.5. The Morgan fingerprint density at radius 3 is 2.08 bits per heavy atom. The van der Waals surface area contributed by atoms with E-state index in [1.807, 2.05) is 50.4 Å². The van der Waals surface area contributed by atoms with Crippen molar-refractivity contribution in [2.75, 3.05) is 13.7 Å². The van der Waals surface area contributed by atoms with E-state index in [1.165, 1.54) is 0 Å². The zero-order valence-corrected chi connectivity index (χ0v) is 23.7. The lowest BCUT2D eigenvalue weighted by atomic mass is 9.71. The number of allylic oxidation sites excluding steroid dienone is 4. The Morgan fingerprint density at radius 1 is 0.889 bits per heavy atom. The Balaban J connectivity index is 1.59. The van der Waals surface area contributed by atoms with Gasteiger partial charge in [-0.15, -0.1) is 0 Å². The molecule has 36 heavy (non-hydrogen) atoms. The minimum atomic E-state index is -0.372. The zero-order chi connectivity index (χ0) is 25.4. The van der Waals surface area contributed by atoms with Crippen molar-refractivity contribution in [3.8, 4) is 11.5 Å². The van der Waals surface area contributed by atoms with Crippen molar-refractivity contribution >= 4 is 43.4 Å². The van der Waals surface area contributed by atoms with Crippen LogP contribution in [0.15, 0.2) is 67.9 Å². The third-order valence-corrected chi connectivity index (χ3v) is 8.32. The fourth-order valence-corrected chi connectivity index (χ4v) is 6.42. The number of Topliss-reactive ketones (excluding diaryl/α,β-unsaturated/α-hetero) is 2. The van der Waals surface area contributed by atoms with E-state index in [4.69, 9.17) is 9.47 Å². The fourth-order valence-electron chi connectivity index (χ4n) is 5.58. The molecule has 0 aromatic heterocycles. The number of hydrogen-bond acceptors (Lipinski definition) is 5. The molecule has 0 N–H and O–H groups in total. The quantitative estimate of drug-likeness (QED) is 0.343. The second kappa shape index (κ2) is 10.5. The molecule has 5 rings (SSSR count).